The normalized spacial score (nSPS) is 13.5. The van der Waals surface area contributed by atoms with Gasteiger partial charge in [0.1, 0.15) is 6.54 Å². The molecule has 5 heteroatoms. The van der Waals surface area contributed by atoms with Gasteiger partial charge in [0.15, 0.2) is 0 Å². The summed E-state index contributed by atoms with van der Waals surface area (Å²) in [4.78, 5) is 29.7. The summed E-state index contributed by atoms with van der Waals surface area (Å²) in [6.07, 6.45) is 0. The molecule has 1 heterocycles. The van der Waals surface area contributed by atoms with Crippen molar-refractivity contribution in [3.8, 4) is 0 Å². The maximum atomic E-state index is 12.8. The number of hydrogen-bond acceptors (Lipinski definition) is 3. The molecule has 25 heavy (non-hydrogen) atoms. The Bertz CT molecular complexity index is 791. The van der Waals surface area contributed by atoms with Gasteiger partial charge in [-0.05, 0) is 37.1 Å². The topological polar surface area (TPSA) is 40.6 Å². The zero-order valence-corrected chi connectivity index (χ0v) is 15.4. The lowest BCUT2D eigenvalue weighted by Gasteiger charge is -2.31. The first kappa shape index (κ1) is 17.5. The average Bonchev–Trinajstić information content (AvgIpc) is 2.63. The molecule has 0 radical (unpaired) electrons. The van der Waals surface area contributed by atoms with Gasteiger partial charge in [-0.1, -0.05) is 36.4 Å². The van der Waals surface area contributed by atoms with Crippen molar-refractivity contribution >= 4 is 29.3 Å². The Morgan fingerprint density at radius 2 is 1.88 bits per heavy atom. The maximum absolute atomic E-state index is 12.8. The summed E-state index contributed by atoms with van der Waals surface area (Å²) in [5, 5.41) is 0. The molecule has 130 valence electrons. The zero-order chi connectivity index (χ0) is 17.8. The van der Waals surface area contributed by atoms with Gasteiger partial charge in [0.2, 0.25) is 11.8 Å². The van der Waals surface area contributed by atoms with Gasteiger partial charge in [-0.3, -0.25) is 9.59 Å². The minimum atomic E-state index is -0.0270. The Hall–Kier alpha value is -2.27. The van der Waals surface area contributed by atoms with Gasteiger partial charge in [-0.25, -0.2) is 0 Å². The van der Waals surface area contributed by atoms with Crippen LogP contribution in [0.4, 0.5) is 5.69 Å². The van der Waals surface area contributed by atoms with E-state index in [4.69, 9.17) is 0 Å². The Kier molecular flexibility index (Phi) is 5.43. The summed E-state index contributed by atoms with van der Waals surface area (Å²) in [6.45, 7) is 5.30. The smallest absolute Gasteiger partial charge is 0.242 e. The predicted molar refractivity (Wildman–Crippen MR) is 102 cm³/mol. The van der Waals surface area contributed by atoms with Gasteiger partial charge in [0.25, 0.3) is 0 Å². The third-order valence-corrected chi connectivity index (χ3v) is 5.51. The number of aryl methyl sites for hydroxylation is 1. The molecular formula is C20H22N2O2S. The molecule has 1 aliphatic heterocycles. The molecule has 0 fully saturated rings. The molecule has 2 amide bonds. The predicted octanol–water partition coefficient (Wildman–Crippen LogP) is 3.48. The molecule has 0 N–H and O–H groups in total. The highest BCUT2D eigenvalue weighted by Crippen LogP contribution is 2.34. The van der Waals surface area contributed by atoms with Gasteiger partial charge in [0, 0.05) is 18.0 Å². The summed E-state index contributed by atoms with van der Waals surface area (Å²) >= 11 is 1.53. The number of para-hydroxylation sites is 1. The highest BCUT2D eigenvalue weighted by atomic mass is 32.2. The van der Waals surface area contributed by atoms with Crippen LogP contribution >= 0.6 is 11.8 Å². The molecule has 4 nitrogen and oxygen atoms in total. The van der Waals surface area contributed by atoms with Crippen LogP contribution in [0.1, 0.15) is 18.1 Å². The zero-order valence-electron chi connectivity index (χ0n) is 14.6. The second-order valence-electron chi connectivity index (χ2n) is 6.07. The SMILES string of the molecule is CCN(Cc1ccccc1C)C(=O)CN1C(=O)CSc2ccccc21. The fraction of sp³-hybridized carbons (Fsp3) is 0.300. The second kappa shape index (κ2) is 7.74. The monoisotopic (exact) mass is 354 g/mol. The third kappa shape index (κ3) is 3.87. The number of nitrogens with zero attached hydrogens (tertiary/aromatic N) is 2. The first-order valence-electron chi connectivity index (χ1n) is 8.44. The highest BCUT2D eigenvalue weighted by Gasteiger charge is 2.27. The quantitative estimate of drug-likeness (QED) is 0.825. The number of carbonyl (C=O) groups excluding carboxylic acids is 2. The number of thioether (sulfide) groups is 1. The van der Waals surface area contributed by atoms with Crippen LogP contribution in [0.15, 0.2) is 53.4 Å². The summed E-state index contributed by atoms with van der Waals surface area (Å²) in [5.41, 5.74) is 3.15. The van der Waals surface area contributed by atoms with Crippen LogP contribution in [0.3, 0.4) is 0 Å². The van der Waals surface area contributed by atoms with Crippen molar-refractivity contribution in [1.29, 1.82) is 0 Å². The molecule has 0 aromatic heterocycles. The number of anilines is 1. The van der Waals surface area contributed by atoms with E-state index in [-0.39, 0.29) is 18.4 Å². The van der Waals surface area contributed by atoms with Crippen molar-refractivity contribution in [2.75, 3.05) is 23.7 Å². The molecule has 3 rings (SSSR count). The Morgan fingerprint density at radius 1 is 1.16 bits per heavy atom. The van der Waals surface area contributed by atoms with E-state index < -0.39 is 0 Å². The Balaban J connectivity index is 1.76. The van der Waals surface area contributed by atoms with E-state index in [1.165, 1.54) is 17.3 Å². The largest absolute Gasteiger partial charge is 0.337 e. The molecule has 2 aromatic carbocycles. The molecule has 1 aliphatic rings. The molecule has 0 aliphatic carbocycles. The summed E-state index contributed by atoms with van der Waals surface area (Å²) in [6, 6.07) is 15.8. The van der Waals surface area contributed by atoms with Gasteiger partial charge in [0.05, 0.1) is 11.4 Å². The molecule has 0 bridgehead atoms. The van der Waals surface area contributed by atoms with Crippen LogP contribution in [0.25, 0.3) is 0 Å². The standard InChI is InChI=1S/C20H22N2O2S/c1-3-21(12-16-9-5-4-8-15(16)2)19(23)13-22-17-10-6-7-11-18(17)25-14-20(22)24/h4-11H,3,12-14H2,1-2H3. The second-order valence-corrected chi connectivity index (χ2v) is 7.09. The lowest BCUT2D eigenvalue weighted by atomic mass is 10.1. The van der Waals surface area contributed by atoms with Crippen LogP contribution in [-0.2, 0) is 16.1 Å². The number of hydrogen-bond donors (Lipinski definition) is 0. The molecule has 0 unspecified atom stereocenters. The van der Waals surface area contributed by atoms with Crippen molar-refractivity contribution in [3.63, 3.8) is 0 Å². The van der Waals surface area contributed by atoms with E-state index in [2.05, 4.69) is 13.0 Å². The molecule has 0 atom stereocenters. The van der Waals surface area contributed by atoms with Gasteiger partial charge >= 0.3 is 0 Å². The number of benzene rings is 2. The number of rotatable bonds is 5. The lowest BCUT2D eigenvalue weighted by molar-refractivity contribution is -0.131. The van der Waals surface area contributed by atoms with E-state index in [9.17, 15) is 9.59 Å². The third-order valence-electron chi connectivity index (χ3n) is 4.46. The van der Waals surface area contributed by atoms with Gasteiger partial charge in [-0.15, -0.1) is 11.8 Å². The van der Waals surface area contributed by atoms with E-state index in [0.717, 1.165) is 16.1 Å². The van der Waals surface area contributed by atoms with Crippen molar-refractivity contribution in [2.45, 2.75) is 25.3 Å². The summed E-state index contributed by atoms with van der Waals surface area (Å²) < 4.78 is 0. The molecule has 2 aromatic rings. The van der Waals surface area contributed by atoms with Crippen molar-refractivity contribution in [2.24, 2.45) is 0 Å². The molecule has 0 saturated carbocycles. The van der Waals surface area contributed by atoms with Crippen LogP contribution in [0.5, 0.6) is 0 Å². The Morgan fingerprint density at radius 3 is 2.64 bits per heavy atom. The average molecular weight is 354 g/mol. The van der Waals surface area contributed by atoms with Crippen LogP contribution in [0, 0.1) is 6.92 Å². The Labute approximate surface area is 152 Å². The van der Waals surface area contributed by atoms with Crippen molar-refractivity contribution in [3.05, 3.63) is 59.7 Å². The van der Waals surface area contributed by atoms with Gasteiger partial charge < -0.3 is 9.80 Å². The summed E-state index contributed by atoms with van der Waals surface area (Å²) in [5.74, 6) is 0.346. The van der Waals surface area contributed by atoms with E-state index in [1.54, 1.807) is 9.80 Å². The number of carbonyl (C=O) groups is 2. The van der Waals surface area contributed by atoms with Crippen LogP contribution in [0.2, 0.25) is 0 Å². The van der Waals surface area contributed by atoms with E-state index >= 15 is 0 Å². The van der Waals surface area contributed by atoms with E-state index in [1.807, 2.05) is 49.4 Å². The summed E-state index contributed by atoms with van der Waals surface area (Å²) in [7, 11) is 0. The highest BCUT2D eigenvalue weighted by molar-refractivity contribution is 8.00. The number of fused-ring (bicyclic) bond motifs is 1. The first-order valence-corrected chi connectivity index (χ1v) is 9.43. The molecule has 0 spiro atoms. The number of likely N-dealkylation sites (N-methyl/N-ethyl adjacent to an activating group) is 1. The van der Waals surface area contributed by atoms with Crippen LogP contribution < -0.4 is 4.90 Å². The minimum Gasteiger partial charge on any atom is -0.337 e. The number of amides is 2. The van der Waals surface area contributed by atoms with Crippen molar-refractivity contribution in [1.82, 2.24) is 4.90 Å². The van der Waals surface area contributed by atoms with Crippen LogP contribution in [-0.4, -0.2) is 35.6 Å². The molecule has 0 saturated heterocycles. The first-order chi connectivity index (χ1) is 12.1. The van der Waals surface area contributed by atoms with Crippen molar-refractivity contribution < 1.29 is 9.59 Å². The minimum absolute atomic E-state index is 0.0102. The molecular weight excluding hydrogens is 332 g/mol. The fourth-order valence-electron chi connectivity index (χ4n) is 2.93. The lowest BCUT2D eigenvalue weighted by Crippen LogP contribution is -2.44. The van der Waals surface area contributed by atoms with Gasteiger partial charge in [-0.2, -0.15) is 0 Å². The van der Waals surface area contributed by atoms with E-state index in [0.29, 0.717) is 18.8 Å². The fourth-order valence-corrected chi connectivity index (χ4v) is 3.87. The maximum Gasteiger partial charge on any atom is 0.242 e.